The number of rotatable bonds is 9. The average molecular weight is 513 g/mol. The van der Waals surface area contributed by atoms with E-state index in [1.54, 1.807) is 17.0 Å². The lowest BCUT2D eigenvalue weighted by Gasteiger charge is -2.33. The van der Waals surface area contributed by atoms with Crippen LogP contribution in [0.5, 0.6) is 0 Å². The number of hydrogen-bond donors (Lipinski definition) is 1. The molecule has 7 heteroatoms. The standard InChI is InChI=1S/C28H30ClFN2O2S/c29-23-10-6-20(7-11-23)14-16-32(26(33)18-21-15-17-35-19-21)27(22-8-12-24(30)13-9-22)28(34)31-25-4-2-1-3-5-25/h6-13,15,17,19,25,27H,1-5,14,16,18H2,(H,31,34). The minimum absolute atomic E-state index is 0.101. The van der Waals surface area contributed by atoms with E-state index >= 15 is 0 Å². The predicted octanol–water partition coefficient (Wildman–Crippen LogP) is 6.34. The van der Waals surface area contributed by atoms with E-state index in [1.807, 2.05) is 41.1 Å². The molecule has 0 radical (unpaired) electrons. The van der Waals surface area contributed by atoms with Crippen molar-refractivity contribution in [3.05, 3.63) is 92.9 Å². The van der Waals surface area contributed by atoms with Crippen LogP contribution in [0, 0.1) is 5.82 Å². The Bertz CT molecular complexity index is 1100. The van der Waals surface area contributed by atoms with E-state index in [-0.39, 0.29) is 30.1 Å². The zero-order chi connectivity index (χ0) is 24.6. The minimum atomic E-state index is -0.837. The number of carbonyl (C=O) groups excluding carboxylic acids is 2. The molecular formula is C28H30ClFN2O2S. The first-order valence-corrected chi connectivity index (χ1v) is 13.4. The monoisotopic (exact) mass is 512 g/mol. The van der Waals surface area contributed by atoms with Gasteiger partial charge in [0.15, 0.2) is 0 Å². The molecule has 0 aliphatic heterocycles. The number of benzene rings is 2. The minimum Gasteiger partial charge on any atom is -0.351 e. The molecule has 1 saturated carbocycles. The Morgan fingerprint density at radius 1 is 1.00 bits per heavy atom. The molecule has 0 spiro atoms. The summed E-state index contributed by atoms with van der Waals surface area (Å²) in [6, 6.07) is 14.6. The predicted molar refractivity (Wildman–Crippen MR) is 139 cm³/mol. The van der Waals surface area contributed by atoms with Crippen LogP contribution in [-0.4, -0.2) is 29.3 Å². The molecule has 1 atom stereocenters. The van der Waals surface area contributed by atoms with Gasteiger partial charge in [-0.05, 0) is 77.0 Å². The summed E-state index contributed by atoms with van der Waals surface area (Å²) < 4.78 is 13.7. The highest BCUT2D eigenvalue weighted by atomic mass is 35.5. The van der Waals surface area contributed by atoms with E-state index in [1.165, 1.54) is 29.9 Å². The first kappa shape index (κ1) is 25.4. The lowest BCUT2D eigenvalue weighted by Crippen LogP contribution is -2.48. The van der Waals surface area contributed by atoms with Crippen molar-refractivity contribution in [2.24, 2.45) is 0 Å². The van der Waals surface area contributed by atoms with Crippen LogP contribution in [0.2, 0.25) is 5.02 Å². The van der Waals surface area contributed by atoms with Crippen LogP contribution >= 0.6 is 22.9 Å². The van der Waals surface area contributed by atoms with Gasteiger partial charge < -0.3 is 10.2 Å². The first-order valence-electron chi connectivity index (χ1n) is 12.1. The van der Waals surface area contributed by atoms with Crippen molar-refractivity contribution in [3.8, 4) is 0 Å². The maximum Gasteiger partial charge on any atom is 0.247 e. The zero-order valence-electron chi connectivity index (χ0n) is 19.6. The Balaban J connectivity index is 1.63. The van der Waals surface area contributed by atoms with Gasteiger partial charge in [0.1, 0.15) is 11.9 Å². The van der Waals surface area contributed by atoms with Crippen LogP contribution in [0.15, 0.2) is 65.4 Å². The fraction of sp³-hybridized carbons (Fsp3) is 0.357. The normalized spacial score (nSPS) is 14.9. The van der Waals surface area contributed by atoms with Crippen LogP contribution in [0.3, 0.4) is 0 Å². The number of carbonyl (C=O) groups is 2. The third-order valence-corrected chi connectivity index (χ3v) is 7.49. The van der Waals surface area contributed by atoms with Gasteiger partial charge in [-0.3, -0.25) is 9.59 Å². The van der Waals surface area contributed by atoms with E-state index in [0.717, 1.165) is 36.8 Å². The van der Waals surface area contributed by atoms with E-state index < -0.39 is 6.04 Å². The number of amides is 2. The quantitative estimate of drug-likeness (QED) is 0.363. The van der Waals surface area contributed by atoms with Crippen LogP contribution in [-0.2, 0) is 22.4 Å². The Morgan fingerprint density at radius 3 is 2.37 bits per heavy atom. The number of nitrogens with one attached hydrogen (secondary N) is 1. The average Bonchev–Trinajstić information content (AvgIpc) is 3.37. The molecule has 1 aromatic heterocycles. The summed E-state index contributed by atoms with van der Waals surface area (Å²) in [7, 11) is 0. The zero-order valence-corrected chi connectivity index (χ0v) is 21.2. The Labute approximate surface area is 215 Å². The van der Waals surface area contributed by atoms with Crippen molar-refractivity contribution >= 4 is 34.8 Å². The molecule has 35 heavy (non-hydrogen) atoms. The maximum atomic E-state index is 13.7. The molecule has 0 saturated heterocycles. The number of halogens is 2. The van der Waals surface area contributed by atoms with E-state index in [9.17, 15) is 14.0 Å². The van der Waals surface area contributed by atoms with Crippen molar-refractivity contribution in [3.63, 3.8) is 0 Å². The van der Waals surface area contributed by atoms with E-state index in [4.69, 9.17) is 11.6 Å². The second kappa shape index (κ2) is 12.3. The lowest BCUT2D eigenvalue weighted by molar-refractivity contribution is -0.140. The molecule has 1 unspecified atom stereocenters. The summed E-state index contributed by atoms with van der Waals surface area (Å²) in [5.74, 6) is -0.721. The molecule has 1 N–H and O–H groups in total. The van der Waals surface area contributed by atoms with Crippen molar-refractivity contribution in [2.75, 3.05) is 6.54 Å². The van der Waals surface area contributed by atoms with E-state index in [0.29, 0.717) is 23.6 Å². The largest absolute Gasteiger partial charge is 0.351 e. The molecule has 1 aliphatic carbocycles. The van der Waals surface area contributed by atoms with Crippen molar-refractivity contribution in [1.29, 1.82) is 0 Å². The third-order valence-electron chi connectivity index (χ3n) is 6.51. The highest BCUT2D eigenvalue weighted by Crippen LogP contribution is 2.26. The van der Waals surface area contributed by atoms with Crippen molar-refractivity contribution < 1.29 is 14.0 Å². The van der Waals surface area contributed by atoms with Gasteiger partial charge in [0.2, 0.25) is 11.8 Å². The fourth-order valence-electron chi connectivity index (χ4n) is 4.61. The summed E-state index contributed by atoms with van der Waals surface area (Å²) in [5.41, 5.74) is 2.55. The van der Waals surface area contributed by atoms with Crippen molar-refractivity contribution in [2.45, 2.75) is 57.0 Å². The second-order valence-electron chi connectivity index (χ2n) is 9.07. The Morgan fingerprint density at radius 2 is 1.71 bits per heavy atom. The molecule has 1 fully saturated rings. The number of thiophene rings is 1. The van der Waals surface area contributed by atoms with Gasteiger partial charge in [-0.2, -0.15) is 11.3 Å². The van der Waals surface area contributed by atoms with Gasteiger partial charge in [0.05, 0.1) is 6.42 Å². The molecule has 2 aromatic carbocycles. The molecule has 3 aromatic rings. The van der Waals surface area contributed by atoms with Crippen LogP contribution in [0.4, 0.5) is 4.39 Å². The van der Waals surface area contributed by atoms with Gasteiger partial charge >= 0.3 is 0 Å². The van der Waals surface area contributed by atoms with Gasteiger partial charge in [-0.15, -0.1) is 0 Å². The number of nitrogens with zero attached hydrogens (tertiary/aromatic N) is 1. The van der Waals surface area contributed by atoms with Gasteiger partial charge in [-0.1, -0.05) is 55.1 Å². The van der Waals surface area contributed by atoms with Gasteiger partial charge in [-0.25, -0.2) is 4.39 Å². The second-order valence-corrected chi connectivity index (χ2v) is 10.3. The molecule has 1 aliphatic rings. The topological polar surface area (TPSA) is 49.4 Å². The molecular weight excluding hydrogens is 483 g/mol. The van der Waals surface area contributed by atoms with Crippen molar-refractivity contribution in [1.82, 2.24) is 10.2 Å². The summed E-state index contributed by atoms with van der Waals surface area (Å²) in [4.78, 5) is 29.0. The number of hydrogen-bond acceptors (Lipinski definition) is 3. The first-order chi connectivity index (χ1) is 17.0. The van der Waals surface area contributed by atoms with Gasteiger partial charge in [0, 0.05) is 17.6 Å². The summed E-state index contributed by atoms with van der Waals surface area (Å²) in [6.45, 7) is 0.352. The highest BCUT2D eigenvalue weighted by molar-refractivity contribution is 7.08. The Kier molecular flexibility index (Phi) is 8.94. The van der Waals surface area contributed by atoms with Crippen LogP contribution < -0.4 is 5.32 Å². The van der Waals surface area contributed by atoms with Crippen LogP contribution in [0.1, 0.15) is 54.8 Å². The summed E-state index contributed by atoms with van der Waals surface area (Å²) in [5, 5.41) is 7.73. The van der Waals surface area contributed by atoms with Crippen LogP contribution in [0.25, 0.3) is 0 Å². The third kappa shape index (κ3) is 7.15. The summed E-state index contributed by atoms with van der Waals surface area (Å²) >= 11 is 7.57. The lowest BCUT2D eigenvalue weighted by atomic mass is 9.94. The van der Waals surface area contributed by atoms with Gasteiger partial charge in [0.25, 0.3) is 0 Å². The highest BCUT2D eigenvalue weighted by Gasteiger charge is 2.32. The Hall–Kier alpha value is -2.70. The van der Waals surface area contributed by atoms with E-state index in [2.05, 4.69) is 5.32 Å². The molecule has 1 heterocycles. The molecule has 2 amide bonds. The fourth-order valence-corrected chi connectivity index (χ4v) is 5.41. The summed E-state index contributed by atoms with van der Waals surface area (Å²) in [6.07, 6.45) is 6.01. The molecule has 4 nitrogen and oxygen atoms in total. The SMILES string of the molecule is O=C(NC1CCCCC1)C(c1ccc(F)cc1)N(CCc1ccc(Cl)cc1)C(=O)Cc1ccsc1. The molecule has 184 valence electrons. The smallest absolute Gasteiger partial charge is 0.247 e. The molecule has 4 rings (SSSR count). The maximum absolute atomic E-state index is 13.7. The molecule has 0 bridgehead atoms.